The van der Waals surface area contributed by atoms with Gasteiger partial charge in [0.2, 0.25) is 0 Å². The molecule has 0 aliphatic carbocycles. The first-order chi connectivity index (χ1) is 6.29. The summed E-state index contributed by atoms with van der Waals surface area (Å²) in [5.74, 6) is 0.928. The topological polar surface area (TPSA) is 3.24 Å². The third-order valence-corrected chi connectivity index (χ3v) is 2.11. The van der Waals surface area contributed by atoms with Crippen molar-refractivity contribution in [3.63, 3.8) is 0 Å². The van der Waals surface area contributed by atoms with E-state index in [9.17, 15) is 0 Å². The molecule has 1 aliphatic heterocycles. The Morgan fingerprint density at radius 2 is 1.54 bits per heavy atom. The number of hydrogen-bond acceptors (Lipinski definition) is 1. The molecule has 1 heteroatoms. The van der Waals surface area contributed by atoms with Gasteiger partial charge >= 0.3 is 0 Å². The van der Waals surface area contributed by atoms with Crippen LogP contribution in [0.4, 0.5) is 0 Å². The highest BCUT2D eigenvalue weighted by atomic mass is 15.1. The zero-order chi connectivity index (χ0) is 10.7. The lowest BCUT2D eigenvalue weighted by Crippen LogP contribution is -2.22. The van der Waals surface area contributed by atoms with Crippen LogP contribution in [-0.4, -0.2) is 25.0 Å². The van der Waals surface area contributed by atoms with Gasteiger partial charge in [-0.1, -0.05) is 41.0 Å². The van der Waals surface area contributed by atoms with Crippen molar-refractivity contribution in [1.82, 2.24) is 4.90 Å². The minimum atomic E-state index is 0.928. The molecule has 1 unspecified atom stereocenters. The van der Waals surface area contributed by atoms with Crippen molar-refractivity contribution in [2.45, 2.75) is 53.9 Å². The first kappa shape index (κ1) is 15.4. The molecule has 0 saturated carbocycles. The first-order valence-electron chi connectivity index (χ1n) is 5.97. The average Bonchev–Trinajstić information content (AvgIpc) is 2.36. The van der Waals surface area contributed by atoms with Gasteiger partial charge in [-0.15, -0.1) is 0 Å². The zero-order valence-electron chi connectivity index (χ0n) is 10.6. The maximum Gasteiger partial charge on any atom is 0.000397 e. The number of rotatable bonds is 0. The lowest BCUT2D eigenvalue weighted by molar-refractivity contribution is 0.310. The molecule has 1 nitrogen and oxygen atoms in total. The molecule has 0 aromatic rings. The second-order valence-corrected chi connectivity index (χ2v) is 3.36. The Kier molecular flexibility index (Phi) is 14.2. The SMILES string of the molecule is CC.CC.CC1CCCCN(C)C1. The summed E-state index contributed by atoms with van der Waals surface area (Å²) in [6, 6.07) is 0. The van der Waals surface area contributed by atoms with Crippen molar-refractivity contribution >= 4 is 0 Å². The van der Waals surface area contributed by atoms with Gasteiger partial charge in [0.15, 0.2) is 0 Å². The Hall–Kier alpha value is -0.0400. The Morgan fingerprint density at radius 3 is 2.08 bits per heavy atom. The van der Waals surface area contributed by atoms with E-state index < -0.39 is 0 Å². The Bertz CT molecular complexity index is 71.2. The lowest BCUT2D eigenvalue weighted by atomic mass is 10.1. The van der Waals surface area contributed by atoms with Crippen LogP contribution in [0.15, 0.2) is 0 Å². The lowest BCUT2D eigenvalue weighted by Gasteiger charge is -2.15. The summed E-state index contributed by atoms with van der Waals surface area (Å²) in [7, 11) is 2.22. The summed E-state index contributed by atoms with van der Waals surface area (Å²) in [6.45, 7) is 13.0. The fraction of sp³-hybridized carbons (Fsp3) is 1.00. The normalized spacial score (nSPS) is 23.1. The molecule has 82 valence electrons. The van der Waals surface area contributed by atoms with Crippen molar-refractivity contribution in [3.8, 4) is 0 Å². The second-order valence-electron chi connectivity index (χ2n) is 3.36. The number of nitrogens with zero attached hydrogens (tertiary/aromatic N) is 1. The predicted octanol–water partition coefficient (Wildman–Crippen LogP) is 3.79. The van der Waals surface area contributed by atoms with Crippen LogP contribution in [0.5, 0.6) is 0 Å². The number of likely N-dealkylation sites (tertiary alicyclic amines) is 1. The van der Waals surface area contributed by atoms with Crippen LogP contribution in [0.3, 0.4) is 0 Å². The maximum atomic E-state index is 2.44. The molecule has 0 aromatic heterocycles. The molecule has 13 heavy (non-hydrogen) atoms. The van der Waals surface area contributed by atoms with Crippen LogP contribution in [0.1, 0.15) is 53.9 Å². The van der Waals surface area contributed by atoms with Crippen LogP contribution in [-0.2, 0) is 0 Å². The van der Waals surface area contributed by atoms with Gasteiger partial charge in [-0.2, -0.15) is 0 Å². The molecule has 1 fully saturated rings. The summed E-state index contributed by atoms with van der Waals surface area (Å²) in [5, 5.41) is 0. The van der Waals surface area contributed by atoms with Crippen molar-refractivity contribution < 1.29 is 0 Å². The minimum absolute atomic E-state index is 0.928. The van der Waals surface area contributed by atoms with Crippen LogP contribution in [0, 0.1) is 5.92 Å². The van der Waals surface area contributed by atoms with Crippen LogP contribution < -0.4 is 0 Å². The van der Waals surface area contributed by atoms with Gasteiger partial charge in [0.1, 0.15) is 0 Å². The highest BCUT2D eigenvalue weighted by Gasteiger charge is 2.09. The van der Waals surface area contributed by atoms with Gasteiger partial charge in [0.25, 0.3) is 0 Å². The second kappa shape index (κ2) is 12.0. The molecule has 0 spiro atoms. The van der Waals surface area contributed by atoms with Gasteiger partial charge in [-0.3, -0.25) is 0 Å². The number of hydrogen-bond donors (Lipinski definition) is 0. The maximum absolute atomic E-state index is 2.44. The Balaban J connectivity index is 0. The monoisotopic (exact) mass is 187 g/mol. The van der Waals surface area contributed by atoms with Crippen molar-refractivity contribution in [2.75, 3.05) is 20.1 Å². The van der Waals surface area contributed by atoms with E-state index in [1.807, 2.05) is 27.7 Å². The van der Waals surface area contributed by atoms with Gasteiger partial charge in [-0.05, 0) is 32.4 Å². The smallest absolute Gasteiger partial charge is 0.000397 e. The van der Waals surface area contributed by atoms with E-state index in [1.165, 1.54) is 32.4 Å². The largest absolute Gasteiger partial charge is 0.306 e. The molecule has 0 bridgehead atoms. The molecule has 1 aliphatic rings. The minimum Gasteiger partial charge on any atom is -0.306 e. The standard InChI is InChI=1S/C8H17N.2C2H6/c1-8-5-3-4-6-9(2)7-8;2*1-2/h8H,3-7H2,1-2H3;2*1-2H3. The summed E-state index contributed by atoms with van der Waals surface area (Å²) in [5.41, 5.74) is 0. The first-order valence-corrected chi connectivity index (χ1v) is 5.97. The van der Waals surface area contributed by atoms with Gasteiger partial charge in [-0.25, -0.2) is 0 Å². The van der Waals surface area contributed by atoms with E-state index >= 15 is 0 Å². The van der Waals surface area contributed by atoms with E-state index in [-0.39, 0.29) is 0 Å². The molecular formula is C12H29N. The summed E-state index contributed by atoms with van der Waals surface area (Å²) in [4.78, 5) is 2.44. The van der Waals surface area contributed by atoms with Crippen molar-refractivity contribution in [2.24, 2.45) is 5.92 Å². The zero-order valence-corrected chi connectivity index (χ0v) is 10.6. The summed E-state index contributed by atoms with van der Waals surface area (Å²) < 4.78 is 0. The highest BCUT2D eigenvalue weighted by Crippen LogP contribution is 2.13. The Morgan fingerprint density at radius 1 is 1.00 bits per heavy atom. The summed E-state index contributed by atoms with van der Waals surface area (Å²) in [6.07, 6.45) is 4.27. The molecule has 1 rings (SSSR count). The molecule has 0 radical (unpaired) electrons. The summed E-state index contributed by atoms with van der Waals surface area (Å²) >= 11 is 0. The third kappa shape index (κ3) is 9.88. The fourth-order valence-corrected chi connectivity index (χ4v) is 1.59. The quantitative estimate of drug-likeness (QED) is 0.558. The van der Waals surface area contributed by atoms with Crippen LogP contribution >= 0.6 is 0 Å². The van der Waals surface area contributed by atoms with Crippen LogP contribution in [0.2, 0.25) is 0 Å². The molecule has 0 aromatic carbocycles. The fourth-order valence-electron chi connectivity index (χ4n) is 1.59. The highest BCUT2D eigenvalue weighted by molar-refractivity contribution is 4.64. The average molecular weight is 187 g/mol. The van der Waals surface area contributed by atoms with E-state index in [0.29, 0.717) is 0 Å². The van der Waals surface area contributed by atoms with Crippen molar-refractivity contribution in [3.05, 3.63) is 0 Å². The van der Waals surface area contributed by atoms with Gasteiger partial charge < -0.3 is 4.90 Å². The van der Waals surface area contributed by atoms with E-state index in [4.69, 9.17) is 0 Å². The molecule has 1 saturated heterocycles. The van der Waals surface area contributed by atoms with E-state index in [0.717, 1.165) is 5.92 Å². The van der Waals surface area contributed by atoms with Gasteiger partial charge in [0, 0.05) is 6.54 Å². The molecule has 0 N–H and O–H groups in total. The molecule has 1 atom stereocenters. The predicted molar refractivity (Wildman–Crippen MR) is 63.2 cm³/mol. The Labute approximate surface area is 85.5 Å². The molecular weight excluding hydrogens is 158 g/mol. The van der Waals surface area contributed by atoms with Crippen LogP contribution in [0.25, 0.3) is 0 Å². The molecule has 0 amide bonds. The van der Waals surface area contributed by atoms with Crippen molar-refractivity contribution in [1.29, 1.82) is 0 Å². The third-order valence-electron chi connectivity index (χ3n) is 2.11. The van der Waals surface area contributed by atoms with E-state index in [1.54, 1.807) is 0 Å². The van der Waals surface area contributed by atoms with Gasteiger partial charge in [0.05, 0.1) is 0 Å². The van der Waals surface area contributed by atoms with E-state index in [2.05, 4.69) is 18.9 Å². The molecule has 1 heterocycles.